The average molecular weight is 268 g/mol. The molecule has 0 bridgehead atoms. The van der Waals surface area contributed by atoms with Gasteiger partial charge in [-0.05, 0) is 34.1 Å². The summed E-state index contributed by atoms with van der Waals surface area (Å²) in [5.41, 5.74) is 6.97. The van der Waals surface area contributed by atoms with Gasteiger partial charge < -0.3 is 11.1 Å². The highest BCUT2D eigenvalue weighted by Gasteiger charge is 2.10. The molecule has 0 aliphatic rings. The summed E-state index contributed by atoms with van der Waals surface area (Å²) >= 11 is 1.76. The van der Waals surface area contributed by atoms with Gasteiger partial charge in [-0.2, -0.15) is 0 Å². The lowest BCUT2D eigenvalue weighted by atomic mass is 10.1. The van der Waals surface area contributed by atoms with E-state index in [0.717, 1.165) is 17.8 Å². The summed E-state index contributed by atoms with van der Waals surface area (Å²) in [5.74, 6) is 0.506. The number of aliphatic imine (C=N–C) groups is 1. The zero-order valence-corrected chi connectivity index (χ0v) is 12.8. The van der Waals surface area contributed by atoms with Crippen LogP contribution in [0.5, 0.6) is 0 Å². The molecule has 0 aliphatic heterocycles. The lowest BCUT2D eigenvalue weighted by molar-refractivity contribution is 0.508. The summed E-state index contributed by atoms with van der Waals surface area (Å²) in [6.45, 7) is 11.1. The minimum Gasteiger partial charge on any atom is -0.370 e. The van der Waals surface area contributed by atoms with Crippen LogP contribution in [0.15, 0.2) is 4.99 Å². The first-order valence-corrected chi connectivity index (χ1v) is 7.16. The van der Waals surface area contributed by atoms with E-state index < -0.39 is 0 Å². The van der Waals surface area contributed by atoms with Crippen LogP contribution in [0.1, 0.15) is 43.3 Å². The van der Waals surface area contributed by atoms with E-state index in [1.54, 1.807) is 11.3 Å². The monoisotopic (exact) mass is 268 g/mol. The maximum Gasteiger partial charge on any atom is 0.188 e. The number of hydrogen-bond acceptors (Lipinski definition) is 3. The van der Waals surface area contributed by atoms with Crippen LogP contribution in [0.3, 0.4) is 0 Å². The second kappa shape index (κ2) is 6.18. The van der Waals surface area contributed by atoms with Crippen molar-refractivity contribution in [2.45, 2.75) is 53.0 Å². The van der Waals surface area contributed by atoms with Gasteiger partial charge in [-0.15, -0.1) is 11.3 Å². The van der Waals surface area contributed by atoms with Crippen molar-refractivity contribution in [3.8, 4) is 0 Å². The van der Waals surface area contributed by atoms with Crippen LogP contribution in [-0.4, -0.2) is 23.0 Å². The van der Waals surface area contributed by atoms with Crippen molar-refractivity contribution < 1.29 is 0 Å². The number of nitrogens with two attached hydrogens (primary N) is 1. The summed E-state index contributed by atoms with van der Waals surface area (Å²) in [4.78, 5) is 10.2. The maximum atomic E-state index is 5.81. The van der Waals surface area contributed by atoms with Gasteiger partial charge in [0.15, 0.2) is 5.96 Å². The highest BCUT2D eigenvalue weighted by Crippen LogP contribution is 2.18. The molecule has 0 radical (unpaired) electrons. The Kier molecular flexibility index (Phi) is 5.14. The molecule has 18 heavy (non-hydrogen) atoms. The van der Waals surface area contributed by atoms with Crippen LogP contribution in [0.4, 0.5) is 0 Å². The number of hydrogen-bond donors (Lipinski definition) is 2. The topological polar surface area (TPSA) is 63.3 Å². The summed E-state index contributed by atoms with van der Waals surface area (Å²) in [5, 5.41) is 4.29. The van der Waals surface area contributed by atoms with Gasteiger partial charge in [-0.1, -0.05) is 6.92 Å². The Morgan fingerprint density at radius 2 is 2.11 bits per heavy atom. The molecule has 1 rings (SSSR count). The fourth-order valence-corrected chi connectivity index (χ4v) is 2.63. The molecule has 102 valence electrons. The second-order valence-electron chi connectivity index (χ2n) is 5.36. The van der Waals surface area contributed by atoms with Crippen LogP contribution in [0.2, 0.25) is 0 Å². The van der Waals surface area contributed by atoms with Crippen molar-refractivity contribution in [2.24, 2.45) is 10.7 Å². The van der Waals surface area contributed by atoms with Crippen molar-refractivity contribution >= 4 is 17.3 Å². The predicted octanol–water partition coefficient (Wildman–Crippen LogP) is 2.26. The fraction of sp³-hybridized carbons (Fsp3) is 0.692. The first kappa shape index (κ1) is 15.0. The zero-order valence-electron chi connectivity index (χ0n) is 12.0. The summed E-state index contributed by atoms with van der Waals surface area (Å²) in [7, 11) is 0. The van der Waals surface area contributed by atoms with Crippen molar-refractivity contribution in [3.05, 3.63) is 15.6 Å². The SMILES string of the molecule is CCc1nc(CCN=C(N)NC(C)(C)C)sc1C. The van der Waals surface area contributed by atoms with Crippen molar-refractivity contribution in [1.29, 1.82) is 0 Å². The van der Waals surface area contributed by atoms with Crippen LogP contribution in [-0.2, 0) is 12.8 Å². The molecule has 0 atom stereocenters. The van der Waals surface area contributed by atoms with E-state index in [0.29, 0.717) is 12.5 Å². The molecule has 0 fully saturated rings. The Hall–Kier alpha value is -1.10. The number of nitrogens with one attached hydrogen (secondary N) is 1. The quantitative estimate of drug-likeness (QED) is 0.650. The van der Waals surface area contributed by atoms with E-state index in [2.05, 4.69) is 49.9 Å². The van der Waals surface area contributed by atoms with Crippen LogP contribution in [0, 0.1) is 6.92 Å². The third-order valence-electron chi connectivity index (χ3n) is 2.38. The first-order chi connectivity index (χ1) is 8.31. The maximum absolute atomic E-state index is 5.81. The number of aromatic nitrogens is 1. The van der Waals surface area contributed by atoms with Crippen LogP contribution in [0.25, 0.3) is 0 Å². The molecule has 0 saturated heterocycles. The minimum absolute atomic E-state index is 0.0409. The summed E-state index contributed by atoms with van der Waals surface area (Å²) in [6.07, 6.45) is 1.86. The van der Waals surface area contributed by atoms with E-state index in [1.807, 2.05) is 0 Å². The van der Waals surface area contributed by atoms with Gasteiger partial charge in [0, 0.05) is 23.4 Å². The summed E-state index contributed by atoms with van der Waals surface area (Å²) in [6, 6.07) is 0. The number of rotatable bonds is 4. The third kappa shape index (κ3) is 5.04. The largest absolute Gasteiger partial charge is 0.370 e. The van der Waals surface area contributed by atoms with Gasteiger partial charge in [0.25, 0.3) is 0 Å². The van der Waals surface area contributed by atoms with Crippen LogP contribution >= 0.6 is 11.3 Å². The minimum atomic E-state index is -0.0409. The lowest BCUT2D eigenvalue weighted by Crippen LogP contribution is -2.45. The molecule has 0 spiro atoms. The Morgan fingerprint density at radius 1 is 1.44 bits per heavy atom. The smallest absolute Gasteiger partial charge is 0.188 e. The van der Waals surface area contributed by atoms with Crippen molar-refractivity contribution in [3.63, 3.8) is 0 Å². The van der Waals surface area contributed by atoms with Gasteiger partial charge in [0.1, 0.15) is 0 Å². The second-order valence-corrected chi connectivity index (χ2v) is 6.64. The van der Waals surface area contributed by atoms with Gasteiger partial charge in [0.2, 0.25) is 0 Å². The van der Waals surface area contributed by atoms with E-state index in [1.165, 1.54) is 10.6 Å². The molecular weight excluding hydrogens is 244 g/mol. The molecule has 4 nitrogen and oxygen atoms in total. The number of nitrogens with zero attached hydrogens (tertiary/aromatic N) is 2. The number of thiazole rings is 1. The first-order valence-electron chi connectivity index (χ1n) is 6.35. The third-order valence-corrected chi connectivity index (χ3v) is 3.46. The van der Waals surface area contributed by atoms with Gasteiger partial charge in [0.05, 0.1) is 10.7 Å². The van der Waals surface area contributed by atoms with Gasteiger partial charge in [-0.25, -0.2) is 4.98 Å². The van der Waals surface area contributed by atoms with Crippen LogP contribution < -0.4 is 11.1 Å². The normalized spacial score (nSPS) is 12.8. The molecule has 1 aromatic rings. The number of aryl methyl sites for hydroxylation is 2. The standard InChI is InChI=1S/C13H24N4S/c1-6-10-9(2)18-11(16-10)7-8-15-12(14)17-13(3,4)5/h6-8H2,1-5H3,(H3,14,15,17). The molecular formula is C13H24N4S. The molecule has 1 heterocycles. The molecule has 3 N–H and O–H groups in total. The van der Waals surface area contributed by atoms with E-state index in [4.69, 9.17) is 5.73 Å². The molecule has 0 amide bonds. The number of guanidine groups is 1. The van der Waals surface area contributed by atoms with E-state index in [9.17, 15) is 0 Å². The Morgan fingerprint density at radius 3 is 2.61 bits per heavy atom. The molecule has 0 aliphatic carbocycles. The van der Waals surface area contributed by atoms with Crippen molar-refractivity contribution in [2.75, 3.05) is 6.54 Å². The zero-order chi connectivity index (χ0) is 13.8. The van der Waals surface area contributed by atoms with E-state index in [-0.39, 0.29) is 5.54 Å². The molecule has 0 unspecified atom stereocenters. The molecule has 1 aromatic heterocycles. The fourth-order valence-electron chi connectivity index (χ4n) is 1.62. The highest BCUT2D eigenvalue weighted by molar-refractivity contribution is 7.11. The molecule has 0 saturated carbocycles. The average Bonchev–Trinajstić information content (AvgIpc) is 2.56. The highest BCUT2D eigenvalue weighted by atomic mass is 32.1. The van der Waals surface area contributed by atoms with Gasteiger partial charge >= 0.3 is 0 Å². The lowest BCUT2D eigenvalue weighted by Gasteiger charge is -2.20. The summed E-state index contributed by atoms with van der Waals surface area (Å²) < 4.78 is 0. The predicted molar refractivity (Wildman–Crippen MR) is 79.3 cm³/mol. The molecule has 5 heteroatoms. The van der Waals surface area contributed by atoms with Crippen molar-refractivity contribution in [1.82, 2.24) is 10.3 Å². The van der Waals surface area contributed by atoms with Gasteiger partial charge in [-0.3, -0.25) is 4.99 Å². The molecule has 0 aromatic carbocycles. The Labute approximate surface area is 114 Å². The Balaban J connectivity index is 2.48. The van der Waals surface area contributed by atoms with E-state index >= 15 is 0 Å². The Bertz CT molecular complexity index is 415.